The third-order valence-corrected chi connectivity index (χ3v) is 5.43. The molecule has 3 rings (SSSR count). The predicted octanol–water partition coefficient (Wildman–Crippen LogP) is 2.86. The summed E-state index contributed by atoms with van der Waals surface area (Å²) in [5, 5.41) is 3.73. The van der Waals surface area contributed by atoms with Gasteiger partial charge in [0, 0.05) is 0 Å². The predicted molar refractivity (Wildman–Crippen MR) is 104 cm³/mol. The SMILES string of the molecule is C[C@@H](C(=O)Nc1ccc(F)cc1Cl)[NH+]1CCN(c2ccccc2Cl)CC1. The molecule has 1 atom stereocenters. The van der Waals surface area contributed by atoms with E-state index in [1.54, 1.807) is 0 Å². The zero-order valence-electron chi connectivity index (χ0n) is 14.4. The first-order valence-electron chi connectivity index (χ1n) is 8.55. The van der Waals surface area contributed by atoms with Crippen molar-refractivity contribution in [2.75, 3.05) is 36.4 Å². The van der Waals surface area contributed by atoms with Crippen molar-refractivity contribution >= 4 is 40.5 Å². The van der Waals surface area contributed by atoms with Gasteiger partial charge >= 0.3 is 0 Å². The third kappa shape index (κ3) is 4.29. The Bertz CT molecular complexity index is 794. The molecule has 0 spiro atoms. The molecular weight excluding hydrogens is 376 g/mol. The average molecular weight is 397 g/mol. The summed E-state index contributed by atoms with van der Waals surface area (Å²) in [5.41, 5.74) is 1.46. The number of para-hydroxylation sites is 1. The van der Waals surface area contributed by atoms with Crippen LogP contribution < -0.4 is 15.1 Å². The normalized spacial score (nSPS) is 16.4. The van der Waals surface area contributed by atoms with Gasteiger partial charge in [-0.2, -0.15) is 0 Å². The molecule has 1 aliphatic heterocycles. The quantitative estimate of drug-likeness (QED) is 0.833. The lowest BCUT2D eigenvalue weighted by molar-refractivity contribution is -0.914. The number of carbonyl (C=O) groups excluding carboxylic acids is 1. The highest BCUT2D eigenvalue weighted by molar-refractivity contribution is 6.33. The van der Waals surface area contributed by atoms with Crippen molar-refractivity contribution in [2.45, 2.75) is 13.0 Å². The summed E-state index contributed by atoms with van der Waals surface area (Å²) in [5.74, 6) is -0.554. The van der Waals surface area contributed by atoms with Crippen LogP contribution in [0.5, 0.6) is 0 Å². The van der Waals surface area contributed by atoms with Crippen molar-refractivity contribution in [2.24, 2.45) is 0 Å². The Kier molecular flexibility index (Phi) is 6.01. The average Bonchev–Trinajstić information content (AvgIpc) is 2.64. The van der Waals surface area contributed by atoms with E-state index in [2.05, 4.69) is 10.2 Å². The van der Waals surface area contributed by atoms with E-state index in [-0.39, 0.29) is 17.0 Å². The lowest BCUT2D eigenvalue weighted by atomic mass is 10.2. The van der Waals surface area contributed by atoms with E-state index >= 15 is 0 Å². The van der Waals surface area contributed by atoms with Crippen LogP contribution in [0.1, 0.15) is 6.92 Å². The topological polar surface area (TPSA) is 36.8 Å². The number of anilines is 2. The maximum atomic E-state index is 13.1. The van der Waals surface area contributed by atoms with Gasteiger partial charge in [0.25, 0.3) is 5.91 Å². The number of halogens is 3. The zero-order valence-corrected chi connectivity index (χ0v) is 15.9. The molecule has 0 unspecified atom stereocenters. The summed E-state index contributed by atoms with van der Waals surface area (Å²) in [6.45, 7) is 5.21. The van der Waals surface area contributed by atoms with Crippen LogP contribution in [0.15, 0.2) is 42.5 Å². The Morgan fingerprint density at radius 2 is 1.85 bits per heavy atom. The molecule has 138 valence electrons. The Balaban J connectivity index is 1.58. The molecule has 0 bridgehead atoms. The molecule has 4 nitrogen and oxygen atoms in total. The molecule has 26 heavy (non-hydrogen) atoms. The van der Waals surface area contributed by atoms with Gasteiger partial charge in [-0.25, -0.2) is 4.39 Å². The molecule has 1 heterocycles. The number of nitrogens with zero attached hydrogens (tertiary/aromatic N) is 1. The molecule has 0 aliphatic carbocycles. The van der Waals surface area contributed by atoms with Crippen molar-refractivity contribution in [1.29, 1.82) is 0 Å². The fourth-order valence-electron chi connectivity index (χ4n) is 3.19. The molecule has 2 aromatic carbocycles. The smallest absolute Gasteiger partial charge is 0.282 e. The standard InChI is InChI=1S/C19H20Cl2FN3O/c1-13(19(26)23-17-7-6-14(22)12-16(17)21)24-8-10-25(11-9-24)18-5-3-2-4-15(18)20/h2-7,12-13H,8-11H2,1H3,(H,23,26)/p+1/t13-/m0/s1. The molecule has 0 aromatic heterocycles. The number of nitrogens with one attached hydrogen (secondary N) is 2. The summed E-state index contributed by atoms with van der Waals surface area (Å²) in [6, 6.07) is 11.5. The molecule has 1 saturated heterocycles. The van der Waals surface area contributed by atoms with Gasteiger partial charge in [-0.05, 0) is 37.3 Å². The first-order chi connectivity index (χ1) is 12.5. The maximum absolute atomic E-state index is 13.1. The van der Waals surface area contributed by atoms with Crippen molar-refractivity contribution < 1.29 is 14.1 Å². The third-order valence-electron chi connectivity index (χ3n) is 4.79. The maximum Gasteiger partial charge on any atom is 0.282 e. The molecule has 2 aromatic rings. The summed E-state index contributed by atoms with van der Waals surface area (Å²) in [6.07, 6.45) is 0. The molecule has 1 aliphatic rings. The fraction of sp³-hybridized carbons (Fsp3) is 0.316. The molecule has 2 N–H and O–H groups in total. The molecule has 7 heteroatoms. The second-order valence-electron chi connectivity index (χ2n) is 6.43. The van der Waals surface area contributed by atoms with Gasteiger partial charge in [-0.15, -0.1) is 0 Å². The Morgan fingerprint density at radius 1 is 1.15 bits per heavy atom. The molecule has 0 radical (unpaired) electrons. The van der Waals surface area contributed by atoms with E-state index in [4.69, 9.17) is 23.2 Å². The van der Waals surface area contributed by atoms with E-state index < -0.39 is 5.82 Å². The number of hydrogen-bond acceptors (Lipinski definition) is 2. The molecule has 1 fully saturated rings. The van der Waals surface area contributed by atoms with Gasteiger partial charge in [0.2, 0.25) is 0 Å². The molecule has 1 amide bonds. The van der Waals surface area contributed by atoms with E-state index in [1.807, 2.05) is 31.2 Å². The van der Waals surface area contributed by atoms with Crippen LogP contribution in [-0.2, 0) is 4.79 Å². The minimum atomic E-state index is -0.428. The van der Waals surface area contributed by atoms with E-state index in [0.717, 1.165) is 36.9 Å². The second-order valence-corrected chi connectivity index (χ2v) is 7.25. The summed E-state index contributed by atoms with van der Waals surface area (Å²) >= 11 is 12.3. The summed E-state index contributed by atoms with van der Waals surface area (Å²) in [7, 11) is 0. The van der Waals surface area contributed by atoms with E-state index in [0.29, 0.717) is 5.69 Å². The van der Waals surface area contributed by atoms with Crippen molar-refractivity contribution in [1.82, 2.24) is 0 Å². The lowest BCUT2D eigenvalue weighted by Gasteiger charge is -2.36. The van der Waals surface area contributed by atoms with Gasteiger partial charge < -0.3 is 15.1 Å². The number of hydrogen-bond donors (Lipinski definition) is 2. The highest BCUT2D eigenvalue weighted by atomic mass is 35.5. The zero-order chi connectivity index (χ0) is 18.7. The van der Waals surface area contributed by atoms with Gasteiger partial charge in [-0.1, -0.05) is 35.3 Å². The molecule has 0 saturated carbocycles. The minimum absolute atomic E-state index is 0.125. The van der Waals surface area contributed by atoms with Crippen LogP contribution in [0.2, 0.25) is 10.0 Å². The Morgan fingerprint density at radius 3 is 2.50 bits per heavy atom. The van der Waals surface area contributed by atoms with Gasteiger partial charge in [0.05, 0.1) is 47.6 Å². The number of quaternary nitrogens is 1. The van der Waals surface area contributed by atoms with Crippen LogP contribution in [0.4, 0.5) is 15.8 Å². The van der Waals surface area contributed by atoms with Gasteiger partial charge in [-0.3, -0.25) is 4.79 Å². The summed E-state index contributed by atoms with van der Waals surface area (Å²) < 4.78 is 13.1. The van der Waals surface area contributed by atoms with E-state index in [1.165, 1.54) is 23.1 Å². The number of amides is 1. The largest absolute Gasteiger partial charge is 0.359 e. The number of piperazine rings is 1. The number of rotatable bonds is 4. The van der Waals surface area contributed by atoms with Crippen LogP contribution in [0.25, 0.3) is 0 Å². The Labute approximate surface area is 162 Å². The lowest BCUT2D eigenvalue weighted by Crippen LogP contribution is -3.19. The number of carbonyl (C=O) groups is 1. The van der Waals surface area contributed by atoms with E-state index in [9.17, 15) is 9.18 Å². The van der Waals surface area contributed by atoms with Crippen molar-refractivity contribution in [3.8, 4) is 0 Å². The van der Waals surface area contributed by atoms with Crippen LogP contribution in [-0.4, -0.2) is 38.1 Å². The first-order valence-corrected chi connectivity index (χ1v) is 9.31. The van der Waals surface area contributed by atoms with Crippen LogP contribution >= 0.6 is 23.2 Å². The summed E-state index contributed by atoms with van der Waals surface area (Å²) in [4.78, 5) is 16.0. The van der Waals surface area contributed by atoms with Crippen LogP contribution in [0, 0.1) is 5.82 Å². The van der Waals surface area contributed by atoms with Crippen molar-refractivity contribution in [3.05, 3.63) is 58.3 Å². The van der Waals surface area contributed by atoms with Gasteiger partial charge in [0.1, 0.15) is 5.82 Å². The number of benzene rings is 2. The highest BCUT2D eigenvalue weighted by Crippen LogP contribution is 2.25. The first kappa shape index (κ1) is 19.0. The van der Waals surface area contributed by atoms with Crippen LogP contribution in [0.3, 0.4) is 0 Å². The van der Waals surface area contributed by atoms with Crippen molar-refractivity contribution in [3.63, 3.8) is 0 Å². The minimum Gasteiger partial charge on any atom is -0.359 e. The monoisotopic (exact) mass is 396 g/mol. The van der Waals surface area contributed by atoms with Gasteiger partial charge in [0.15, 0.2) is 6.04 Å². The fourth-order valence-corrected chi connectivity index (χ4v) is 3.66. The molecular formula is C19H21Cl2FN3O+. The Hall–Kier alpha value is -1.82. The second kappa shape index (κ2) is 8.25. The highest BCUT2D eigenvalue weighted by Gasteiger charge is 2.30.